The van der Waals surface area contributed by atoms with E-state index in [1.54, 1.807) is 30.3 Å². The number of nitrogens with one attached hydrogen (secondary N) is 1. The van der Waals surface area contributed by atoms with Crippen LogP contribution >= 0.6 is 0 Å². The molecule has 7 heteroatoms. The van der Waals surface area contributed by atoms with Gasteiger partial charge in [-0.1, -0.05) is 0 Å². The number of hydrogen-bond acceptors (Lipinski definition) is 5. The Hall–Kier alpha value is -2.96. The summed E-state index contributed by atoms with van der Waals surface area (Å²) in [5.74, 6) is 0.213. The van der Waals surface area contributed by atoms with Crippen molar-refractivity contribution in [3.05, 3.63) is 57.5 Å². The Labute approximate surface area is 157 Å². The van der Waals surface area contributed by atoms with E-state index in [1.807, 2.05) is 0 Å². The molecule has 27 heavy (non-hydrogen) atoms. The van der Waals surface area contributed by atoms with Crippen molar-refractivity contribution in [2.24, 2.45) is 0 Å². The zero-order valence-corrected chi connectivity index (χ0v) is 15.4. The fourth-order valence-corrected chi connectivity index (χ4v) is 3.05. The van der Waals surface area contributed by atoms with Gasteiger partial charge in [0.1, 0.15) is 5.75 Å². The maximum absolute atomic E-state index is 12.1. The van der Waals surface area contributed by atoms with Gasteiger partial charge in [0, 0.05) is 18.2 Å². The van der Waals surface area contributed by atoms with Crippen molar-refractivity contribution >= 4 is 11.7 Å². The van der Waals surface area contributed by atoms with Gasteiger partial charge in [0.15, 0.2) is 12.4 Å². The van der Waals surface area contributed by atoms with Gasteiger partial charge in [-0.2, -0.15) is 5.10 Å². The number of Topliss-reactive ketones (excluding diaryl/α,β-unsaturated/α-hetero) is 1. The second-order valence-electron chi connectivity index (χ2n) is 6.60. The smallest absolute Gasteiger partial charge is 0.267 e. The van der Waals surface area contributed by atoms with Crippen molar-refractivity contribution in [1.82, 2.24) is 15.1 Å². The summed E-state index contributed by atoms with van der Waals surface area (Å²) in [6, 6.07) is 8.28. The monoisotopic (exact) mass is 369 g/mol. The molecule has 0 bridgehead atoms. The first-order valence-corrected chi connectivity index (χ1v) is 9.13. The van der Waals surface area contributed by atoms with Gasteiger partial charge in [-0.3, -0.25) is 14.4 Å². The van der Waals surface area contributed by atoms with E-state index in [-0.39, 0.29) is 23.9 Å². The number of carbonyl (C=O) groups is 2. The van der Waals surface area contributed by atoms with Gasteiger partial charge in [-0.15, -0.1) is 0 Å². The number of nitrogens with zero attached hydrogens (tertiary/aromatic N) is 2. The van der Waals surface area contributed by atoms with Gasteiger partial charge in [0.25, 0.3) is 11.5 Å². The predicted molar refractivity (Wildman–Crippen MR) is 100 cm³/mol. The summed E-state index contributed by atoms with van der Waals surface area (Å²) in [6.07, 6.45) is 4.02. The molecule has 0 unspecified atom stereocenters. The molecule has 0 saturated carbocycles. The van der Waals surface area contributed by atoms with Crippen LogP contribution in [-0.4, -0.2) is 34.6 Å². The van der Waals surface area contributed by atoms with Crippen LogP contribution in [0.1, 0.15) is 41.4 Å². The van der Waals surface area contributed by atoms with Crippen LogP contribution in [-0.2, 0) is 24.2 Å². The highest BCUT2D eigenvalue weighted by Gasteiger charge is 2.13. The summed E-state index contributed by atoms with van der Waals surface area (Å²) in [5.41, 5.74) is 2.50. The van der Waals surface area contributed by atoms with Crippen LogP contribution in [0.4, 0.5) is 0 Å². The fourth-order valence-electron chi connectivity index (χ4n) is 3.05. The van der Waals surface area contributed by atoms with Crippen molar-refractivity contribution in [3.8, 4) is 5.75 Å². The highest BCUT2D eigenvalue weighted by molar-refractivity contribution is 5.94. The molecule has 0 radical (unpaired) electrons. The highest BCUT2D eigenvalue weighted by atomic mass is 16.5. The first kappa shape index (κ1) is 18.8. The zero-order chi connectivity index (χ0) is 19.2. The molecule has 1 amide bonds. The second-order valence-corrected chi connectivity index (χ2v) is 6.60. The van der Waals surface area contributed by atoms with Crippen molar-refractivity contribution in [1.29, 1.82) is 0 Å². The fraction of sp³-hybridized carbons (Fsp3) is 0.400. The minimum Gasteiger partial charge on any atom is -0.484 e. The number of benzene rings is 1. The Bertz CT molecular complexity index is 887. The molecule has 1 aromatic heterocycles. The van der Waals surface area contributed by atoms with Crippen LogP contribution in [0.15, 0.2) is 35.1 Å². The third-order valence-corrected chi connectivity index (χ3v) is 4.55. The predicted octanol–water partition coefficient (Wildman–Crippen LogP) is 1.52. The van der Waals surface area contributed by atoms with Crippen LogP contribution in [0, 0.1) is 0 Å². The number of rotatable bonds is 7. The van der Waals surface area contributed by atoms with E-state index in [0.29, 0.717) is 24.4 Å². The molecule has 1 aliphatic rings. The van der Waals surface area contributed by atoms with Crippen molar-refractivity contribution in [3.63, 3.8) is 0 Å². The maximum atomic E-state index is 12.1. The average Bonchev–Trinajstić information content (AvgIpc) is 2.67. The summed E-state index contributed by atoms with van der Waals surface area (Å²) < 4.78 is 6.80. The van der Waals surface area contributed by atoms with E-state index in [4.69, 9.17) is 4.74 Å². The lowest BCUT2D eigenvalue weighted by atomic mass is 9.97. The molecule has 7 nitrogen and oxygen atoms in total. The summed E-state index contributed by atoms with van der Waals surface area (Å²) in [7, 11) is 0. The molecule has 1 aliphatic carbocycles. The Morgan fingerprint density at radius 2 is 1.93 bits per heavy atom. The number of aryl methyl sites for hydroxylation is 2. The molecule has 0 fully saturated rings. The zero-order valence-electron chi connectivity index (χ0n) is 15.4. The molecule has 1 aromatic carbocycles. The van der Waals surface area contributed by atoms with Crippen molar-refractivity contribution < 1.29 is 14.3 Å². The third-order valence-electron chi connectivity index (χ3n) is 4.55. The maximum Gasteiger partial charge on any atom is 0.267 e. The highest BCUT2D eigenvalue weighted by Crippen LogP contribution is 2.16. The lowest BCUT2D eigenvalue weighted by molar-refractivity contribution is -0.123. The van der Waals surface area contributed by atoms with Crippen LogP contribution < -0.4 is 15.6 Å². The lowest BCUT2D eigenvalue weighted by Crippen LogP contribution is -2.35. The Kier molecular flexibility index (Phi) is 6.01. The van der Waals surface area contributed by atoms with Crippen molar-refractivity contribution in [2.45, 2.75) is 39.2 Å². The van der Waals surface area contributed by atoms with E-state index in [1.165, 1.54) is 11.6 Å². The van der Waals surface area contributed by atoms with Crippen LogP contribution in [0.25, 0.3) is 0 Å². The largest absolute Gasteiger partial charge is 0.484 e. The van der Waals surface area contributed by atoms with Gasteiger partial charge < -0.3 is 10.1 Å². The molecule has 142 valence electrons. The Morgan fingerprint density at radius 1 is 1.19 bits per heavy atom. The van der Waals surface area contributed by atoms with Gasteiger partial charge >= 0.3 is 0 Å². The first-order valence-electron chi connectivity index (χ1n) is 9.13. The van der Waals surface area contributed by atoms with Gasteiger partial charge in [-0.25, -0.2) is 4.68 Å². The molecule has 1 N–H and O–H groups in total. The van der Waals surface area contributed by atoms with Crippen LogP contribution in [0.2, 0.25) is 0 Å². The van der Waals surface area contributed by atoms with E-state index < -0.39 is 0 Å². The average molecular weight is 369 g/mol. The SMILES string of the molecule is CC(=O)c1ccc(OCC(=O)NCCn2nc3c(cc2=O)CCCC3)cc1. The molecule has 0 saturated heterocycles. The van der Waals surface area contributed by atoms with E-state index in [0.717, 1.165) is 36.9 Å². The number of ether oxygens (including phenoxy) is 1. The molecule has 1 heterocycles. The van der Waals surface area contributed by atoms with Crippen LogP contribution in [0.3, 0.4) is 0 Å². The molecular weight excluding hydrogens is 346 g/mol. The number of hydrogen-bond donors (Lipinski definition) is 1. The number of carbonyl (C=O) groups excluding carboxylic acids is 2. The number of ketones is 1. The third kappa shape index (κ3) is 5.03. The lowest BCUT2D eigenvalue weighted by Gasteiger charge is -2.16. The van der Waals surface area contributed by atoms with Gasteiger partial charge in [0.05, 0.1) is 12.2 Å². The van der Waals surface area contributed by atoms with Crippen molar-refractivity contribution in [2.75, 3.05) is 13.2 Å². The first-order chi connectivity index (χ1) is 13.0. The minimum absolute atomic E-state index is 0.0228. The summed E-state index contributed by atoms with van der Waals surface area (Å²) in [5, 5.41) is 7.14. The molecule has 2 aromatic rings. The Morgan fingerprint density at radius 3 is 2.67 bits per heavy atom. The molecular formula is C20H23N3O4. The summed E-state index contributed by atoms with van der Waals surface area (Å²) in [4.78, 5) is 35.2. The van der Waals surface area contributed by atoms with E-state index >= 15 is 0 Å². The number of aromatic nitrogens is 2. The van der Waals surface area contributed by atoms with Gasteiger partial charge in [0.2, 0.25) is 0 Å². The van der Waals surface area contributed by atoms with Gasteiger partial charge in [-0.05, 0) is 62.4 Å². The van der Waals surface area contributed by atoms with E-state index in [2.05, 4.69) is 10.4 Å². The Balaban J connectivity index is 1.45. The number of amides is 1. The quantitative estimate of drug-likeness (QED) is 0.748. The standard InChI is InChI=1S/C20H23N3O4/c1-14(24)15-6-8-17(9-7-15)27-13-19(25)21-10-11-23-20(26)12-16-4-2-3-5-18(16)22-23/h6-9,12H,2-5,10-11,13H2,1H3,(H,21,25). The minimum atomic E-state index is -0.281. The van der Waals surface area contributed by atoms with Crippen LogP contribution in [0.5, 0.6) is 5.75 Å². The summed E-state index contributed by atoms with van der Waals surface area (Å²) in [6.45, 7) is 1.99. The second kappa shape index (κ2) is 8.62. The topological polar surface area (TPSA) is 90.3 Å². The molecule has 3 rings (SSSR count). The summed E-state index contributed by atoms with van der Waals surface area (Å²) >= 11 is 0. The normalized spacial score (nSPS) is 12.9. The molecule has 0 spiro atoms. The van der Waals surface area contributed by atoms with E-state index in [9.17, 15) is 14.4 Å². The molecule has 0 aliphatic heterocycles. The number of fused-ring (bicyclic) bond motifs is 1. The molecule has 0 atom stereocenters.